The Kier molecular flexibility index (Phi) is 3.89. The molecule has 2 nitrogen and oxygen atoms in total. The average molecular weight is 242 g/mol. The fraction of sp³-hybridized carbons (Fsp3) is 0.375. The summed E-state index contributed by atoms with van der Waals surface area (Å²) in [6.07, 6.45) is -2.67. The summed E-state index contributed by atoms with van der Waals surface area (Å²) in [5, 5.41) is -0.170. The summed E-state index contributed by atoms with van der Waals surface area (Å²) >= 11 is 11.1. The van der Waals surface area contributed by atoms with Gasteiger partial charge >= 0.3 is 0 Å². The first-order chi connectivity index (χ1) is 6.60. The van der Waals surface area contributed by atoms with E-state index in [4.69, 9.17) is 27.9 Å². The zero-order valence-electron chi connectivity index (χ0n) is 7.23. The summed E-state index contributed by atoms with van der Waals surface area (Å²) < 4.78 is 29.6. The Morgan fingerprint density at radius 3 is 2.64 bits per heavy atom. The molecule has 0 atom stereocenters. The second kappa shape index (κ2) is 4.75. The second-order valence-corrected chi connectivity index (χ2v) is 3.11. The summed E-state index contributed by atoms with van der Waals surface area (Å²) in [5.74, 6) is 0.00730. The van der Waals surface area contributed by atoms with Crippen molar-refractivity contribution in [3.05, 3.63) is 22.3 Å². The van der Waals surface area contributed by atoms with Gasteiger partial charge in [0.25, 0.3) is 6.43 Å². The molecule has 0 unspecified atom stereocenters. The highest BCUT2D eigenvalue weighted by molar-refractivity contribution is 6.32. The van der Waals surface area contributed by atoms with Gasteiger partial charge in [-0.15, -0.1) is 11.6 Å². The van der Waals surface area contributed by atoms with Crippen LogP contribution in [0, 0.1) is 0 Å². The number of halogens is 4. The molecule has 14 heavy (non-hydrogen) atoms. The largest absolute Gasteiger partial charge is 0.480 e. The summed E-state index contributed by atoms with van der Waals surface area (Å²) in [4.78, 5) is 3.83. The maximum absolute atomic E-state index is 12.4. The predicted molar refractivity (Wildman–Crippen MR) is 50.3 cm³/mol. The molecule has 0 aromatic carbocycles. The molecule has 0 radical (unpaired) electrons. The molecule has 0 aliphatic heterocycles. The number of alkyl halides is 3. The van der Waals surface area contributed by atoms with E-state index in [2.05, 4.69) is 4.98 Å². The Morgan fingerprint density at radius 1 is 1.57 bits per heavy atom. The zero-order valence-corrected chi connectivity index (χ0v) is 8.74. The van der Waals surface area contributed by atoms with E-state index in [0.29, 0.717) is 5.69 Å². The van der Waals surface area contributed by atoms with Crippen molar-refractivity contribution in [1.29, 1.82) is 0 Å². The van der Waals surface area contributed by atoms with Gasteiger partial charge in [-0.05, 0) is 6.07 Å². The van der Waals surface area contributed by atoms with Crippen LogP contribution >= 0.6 is 23.2 Å². The van der Waals surface area contributed by atoms with Gasteiger partial charge in [-0.3, -0.25) is 0 Å². The minimum absolute atomic E-state index is 0.0277. The number of nitrogens with zero attached hydrogens (tertiary/aromatic N) is 1. The molecule has 0 bridgehead atoms. The molecule has 1 rings (SSSR count). The van der Waals surface area contributed by atoms with Crippen LogP contribution in [0.15, 0.2) is 6.07 Å². The molecule has 1 heterocycles. The molecule has 0 spiro atoms. The number of rotatable bonds is 3. The van der Waals surface area contributed by atoms with Gasteiger partial charge in [-0.25, -0.2) is 13.8 Å². The maximum atomic E-state index is 12.4. The van der Waals surface area contributed by atoms with Crippen molar-refractivity contribution in [1.82, 2.24) is 4.98 Å². The Balaban J connectivity index is 3.27. The van der Waals surface area contributed by atoms with Gasteiger partial charge < -0.3 is 4.74 Å². The van der Waals surface area contributed by atoms with E-state index >= 15 is 0 Å². The first-order valence-electron chi connectivity index (χ1n) is 3.67. The standard InChI is InChI=1S/C8H7Cl2F2NO/c1-14-8-6(10)5(7(11)12)2-4(3-9)13-8/h2,7H,3H2,1H3. The van der Waals surface area contributed by atoms with Gasteiger partial charge in [-0.2, -0.15) is 0 Å². The molecule has 0 N–H and O–H groups in total. The van der Waals surface area contributed by atoms with Crippen molar-refractivity contribution in [2.75, 3.05) is 7.11 Å². The summed E-state index contributed by atoms with van der Waals surface area (Å²) in [6, 6.07) is 1.17. The van der Waals surface area contributed by atoms with Crippen LogP contribution in [-0.2, 0) is 5.88 Å². The maximum Gasteiger partial charge on any atom is 0.265 e. The predicted octanol–water partition coefficient (Wildman–Crippen LogP) is 3.42. The lowest BCUT2D eigenvalue weighted by Crippen LogP contribution is -1.98. The van der Waals surface area contributed by atoms with Gasteiger partial charge in [-0.1, -0.05) is 11.6 Å². The Bertz CT molecular complexity index is 333. The average Bonchev–Trinajstić information content (AvgIpc) is 2.17. The SMILES string of the molecule is COc1nc(CCl)cc(C(F)F)c1Cl. The third-order valence-corrected chi connectivity index (χ3v) is 2.23. The molecule has 0 saturated heterocycles. The summed E-state index contributed by atoms with van der Waals surface area (Å²) in [7, 11) is 1.31. The molecule has 1 aromatic heterocycles. The fourth-order valence-corrected chi connectivity index (χ4v) is 1.33. The van der Waals surface area contributed by atoms with Crippen LogP contribution in [0.2, 0.25) is 5.02 Å². The lowest BCUT2D eigenvalue weighted by molar-refractivity contribution is 0.151. The van der Waals surface area contributed by atoms with Crippen LogP contribution in [0.3, 0.4) is 0 Å². The lowest BCUT2D eigenvalue weighted by atomic mass is 10.2. The van der Waals surface area contributed by atoms with E-state index < -0.39 is 6.43 Å². The van der Waals surface area contributed by atoms with E-state index in [-0.39, 0.29) is 22.3 Å². The Labute approximate surface area is 89.8 Å². The summed E-state index contributed by atoms with van der Waals surface area (Å²) in [5.41, 5.74) is -0.00242. The van der Waals surface area contributed by atoms with Crippen molar-refractivity contribution in [2.24, 2.45) is 0 Å². The van der Waals surface area contributed by atoms with Gasteiger partial charge in [0.05, 0.1) is 18.7 Å². The van der Waals surface area contributed by atoms with E-state index in [1.54, 1.807) is 0 Å². The lowest BCUT2D eigenvalue weighted by Gasteiger charge is -2.08. The molecule has 0 amide bonds. The monoisotopic (exact) mass is 241 g/mol. The van der Waals surface area contributed by atoms with Gasteiger partial charge in [0, 0.05) is 5.56 Å². The quantitative estimate of drug-likeness (QED) is 0.757. The van der Waals surface area contributed by atoms with Crippen LogP contribution in [0.25, 0.3) is 0 Å². The van der Waals surface area contributed by atoms with E-state index in [1.807, 2.05) is 0 Å². The number of ether oxygens (including phenoxy) is 1. The molecule has 78 valence electrons. The highest BCUT2D eigenvalue weighted by atomic mass is 35.5. The number of pyridine rings is 1. The zero-order chi connectivity index (χ0) is 10.7. The van der Waals surface area contributed by atoms with Gasteiger partial charge in [0.15, 0.2) is 0 Å². The highest BCUT2D eigenvalue weighted by Gasteiger charge is 2.18. The van der Waals surface area contributed by atoms with Crippen molar-refractivity contribution < 1.29 is 13.5 Å². The Hall–Kier alpha value is -0.610. The number of hydrogen-bond donors (Lipinski definition) is 0. The highest BCUT2D eigenvalue weighted by Crippen LogP contribution is 2.33. The number of hydrogen-bond acceptors (Lipinski definition) is 2. The summed E-state index contributed by atoms with van der Waals surface area (Å²) in [6.45, 7) is 0. The first kappa shape index (κ1) is 11.5. The smallest absolute Gasteiger partial charge is 0.265 e. The van der Waals surface area contributed by atoms with Crippen LogP contribution < -0.4 is 4.74 Å². The molecule has 0 aliphatic rings. The van der Waals surface area contributed by atoms with E-state index in [1.165, 1.54) is 13.2 Å². The van der Waals surface area contributed by atoms with Crippen LogP contribution in [0.1, 0.15) is 17.7 Å². The minimum atomic E-state index is -2.67. The fourth-order valence-electron chi connectivity index (χ4n) is 0.941. The van der Waals surface area contributed by atoms with Crippen molar-refractivity contribution in [3.63, 3.8) is 0 Å². The normalized spacial score (nSPS) is 10.7. The van der Waals surface area contributed by atoms with Crippen LogP contribution in [0.5, 0.6) is 5.88 Å². The van der Waals surface area contributed by atoms with Crippen molar-refractivity contribution >= 4 is 23.2 Å². The molecular weight excluding hydrogens is 235 g/mol. The van der Waals surface area contributed by atoms with Gasteiger partial charge in [0.1, 0.15) is 5.02 Å². The third-order valence-electron chi connectivity index (χ3n) is 1.57. The Morgan fingerprint density at radius 2 is 2.21 bits per heavy atom. The molecule has 0 aliphatic carbocycles. The first-order valence-corrected chi connectivity index (χ1v) is 4.58. The van der Waals surface area contributed by atoms with Gasteiger partial charge in [0.2, 0.25) is 5.88 Å². The van der Waals surface area contributed by atoms with Crippen LogP contribution in [-0.4, -0.2) is 12.1 Å². The van der Waals surface area contributed by atoms with Crippen LogP contribution in [0.4, 0.5) is 8.78 Å². The number of methoxy groups -OCH3 is 1. The second-order valence-electron chi connectivity index (χ2n) is 2.46. The number of aromatic nitrogens is 1. The molecule has 6 heteroatoms. The van der Waals surface area contributed by atoms with E-state index in [9.17, 15) is 8.78 Å². The third kappa shape index (κ3) is 2.25. The van der Waals surface area contributed by atoms with Crippen molar-refractivity contribution in [3.8, 4) is 5.88 Å². The molecular formula is C8H7Cl2F2NO. The van der Waals surface area contributed by atoms with Crippen molar-refractivity contribution in [2.45, 2.75) is 12.3 Å². The minimum Gasteiger partial charge on any atom is -0.480 e. The molecule has 0 saturated carbocycles. The topological polar surface area (TPSA) is 22.1 Å². The molecule has 0 fully saturated rings. The molecule has 1 aromatic rings. The van der Waals surface area contributed by atoms with E-state index in [0.717, 1.165) is 0 Å².